The van der Waals surface area contributed by atoms with Crippen LogP contribution in [0.25, 0.3) is 0 Å². The van der Waals surface area contributed by atoms with E-state index in [1.54, 1.807) is 24.6 Å². The van der Waals surface area contributed by atoms with Gasteiger partial charge in [0.1, 0.15) is 4.21 Å². The molecular weight excluding hydrogens is 332 g/mol. The minimum absolute atomic E-state index is 0.165. The van der Waals surface area contributed by atoms with Gasteiger partial charge in [-0.25, -0.2) is 12.7 Å². The van der Waals surface area contributed by atoms with Crippen LogP contribution in [0, 0.1) is 0 Å². The summed E-state index contributed by atoms with van der Waals surface area (Å²) in [5.74, 6) is 0.165. The van der Waals surface area contributed by atoms with Gasteiger partial charge in [0.25, 0.3) is 10.0 Å². The van der Waals surface area contributed by atoms with E-state index < -0.39 is 10.0 Å². The molecule has 0 radical (unpaired) electrons. The first-order valence-electron chi connectivity index (χ1n) is 8.26. The van der Waals surface area contributed by atoms with Crippen LogP contribution in [0.1, 0.15) is 45.4 Å². The highest BCUT2D eigenvalue weighted by atomic mass is 32.2. The van der Waals surface area contributed by atoms with Gasteiger partial charge in [-0.05, 0) is 43.6 Å². The maximum Gasteiger partial charge on any atom is 0.252 e. The first-order chi connectivity index (χ1) is 11.0. The minimum atomic E-state index is -3.41. The summed E-state index contributed by atoms with van der Waals surface area (Å²) in [5.41, 5.74) is 0. The number of hydrogen-bond acceptors (Lipinski definition) is 4. The third kappa shape index (κ3) is 4.55. The molecule has 1 aliphatic rings. The predicted octanol–water partition coefficient (Wildman–Crippen LogP) is 2.94. The van der Waals surface area contributed by atoms with Crippen molar-refractivity contribution in [1.82, 2.24) is 9.21 Å². The Hall–Kier alpha value is -0.920. The zero-order chi connectivity index (χ0) is 16.9. The summed E-state index contributed by atoms with van der Waals surface area (Å²) < 4.78 is 26.3. The van der Waals surface area contributed by atoms with Crippen LogP contribution in [0.15, 0.2) is 21.7 Å². The van der Waals surface area contributed by atoms with Gasteiger partial charge in [0, 0.05) is 32.6 Å². The summed E-state index contributed by atoms with van der Waals surface area (Å²) in [6.45, 7) is 3.34. The monoisotopic (exact) mass is 358 g/mol. The van der Waals surface area contributed by atoms with Crippen molar-refractivity contribution in [1.29, 1.82) is 0 Å². The Morgan fingerprint density at radius 3 is 2.87 bits per heavy atom. The molecule has 0 saturated carbocycles. The number of carbonyl (C=O) groups is 1. The van der Waals surface area contributed by atoms with Crippen molar-refractivity contribution in [3.05, 3.63) is 17.5 Å². The Kier molecular flexibility index (Phi) is 6.61. The van der Waals surface area contributed by atoms with Crippen LogP contribution < -0.4 is 0 Å². The average molecular weight is 359 g/mol. The molecule has 1 fully saturated rings. The summed E-state index contributed by atoms with van der Waals surface area (Å²) in [6.07, 6.45) is 5.35. The Balaban J connectivity index is 1.83. The molecule has 2 heterocycles. The molecule has 0 spiro atoms. The number of thiophene rings is 1. The molecule has 1 aromatic rings. The van der Waals surface area contributed by atoms with Crippen molar-refractivity contribution in [3.8, 4) is 0 Å². The van der Waals surface area contributed by atoms with Crippen LogP contribution in [0.3, 0.4) is 0 Å². The lowest BCUT2D eigenvalue weighted by Gasteiger charge is -2.35. The van der Waals surface area contributed by atoms with Crippen molar-refractivity contribution in [2.75, 3.05) is 20.1 Å². The van der Waals surface area contributed by atoms with Gasteiger partial charge in [-0.1, -0.05) is 13.0 Å². The molecule has 1 aliphatic heterocycles. The van der Waals surface area contributed by atoms with E-state index in [9.17, 15) is 13.2 Å². The fourth-order valence-corrected chi connectivity index (χ4v) is 5.44. The van der Waals surface area contributed by atoms with Gasteiger partial charge in [-0.2, -0.15) is 0 Å². The van der Waals surface area contributed by atoms with E-state index in [-0.39, 0.29) is 5.91 Å². The predicted molar refractivity (Wildman–Crippen MR) is 93.0 cm³/mol. The van der Waals surface area contributed by atoms with Crippen molar-refractivity contribution < 1.29 is 13.2 Å². The van der Waals surface area contributed by atoms with Gasteiger partial charge in [0.15, 0.2) is 0 Å². The minimum Gasteiger partial charge on any atom is -0.340 e. The second kappa shape index (κ2) is 8.26. The molecule has 2 rings (SSSR count). The molecule has 1 amide bonds. The SMILES string of the molecule is CCC1CCCCN1C(=O)CCCN(C)S(=O)(=O)c1cccs1. The molecular formula is C16H26N2O3S2. The number of carbonyl (C=O) groups excluding carboxylic acids is 1. The lowest BCUT2D eigenvalue weighted by molar-refractivity contribution is -0.135. The molecule has 5 nitrogen and oxygen atoms in total. The van der Waals surface area contributed by atoms with Crippen LogP contribution >= 0.6 is 11.3 Å². The molecule has 130 valence electrons. The quantitative estimate of drug-likeness (QED) is 0.753. The lowest BCUT2D eigenvalue weighted by Crippen LogP contribution is -2.43. The second-order valence-corrected chi connectivity index (χ2v) is 9.23. The van der Waals surface area contributed by atoms with Crippen LogP contribution in [-0.2, 0) is 14.8 Å². The summed E-state index contributed by atoms with van der Waals surface area (Å²) in [4.78, 5) is 14.4. The van der Waals surface area contributed by atoms with E-state index >= 15 is 0 Å². The van der Waals surface area contributed by atoms with Gasteiger partial charge >= 0.3 is 0 Å². The standard InChI is InChI=1S/C16H26N2O3S2/c1-3-14-8-4-5-12-18(14)15(19)9-6-11-17(2)23(20,21)16-10-7-13-22-16/h7,10,13-14H,3-6,8-9,11-12H2,1-2H3. The topological polar surface area (TPSA) is 57.7 Å². The fourth-order valence-electron chi connectivity index (χ4n) is 3.03. The first kappa shape index (κ1) is 18.4. The maximum absolute atomic E-state index is 12.4. The number of amides is 1. The zero-order valence-corrected chi connectivity index (χ0v) is 15.5. The molecule has 0 bridgehead atoms. The second-order valence-electron chi connectivity index (χ2n) is 6.01. The summed E-state index contributed by atoms with van der Waals surface area (Å²) in [7, 11) is -1.83. The van der Waals surface area contributed by atoms with Gasteiger partial charge in [0.2, 0.25) is 5.91 Å². The van der Waals surface area contributed by atoms with Crippen LogP contribution in [0.4, 0.5) is 0 Å². The normalized spacial score (nSPS) is 19.3. The van der Waals surface area contributed by atoms with E-state index in [2.05, 4.69) is 6.92 Å². The molecule has 7 heteroatoms. The molecule has 1 unspecified atom stereocenters. The smallest absolute Gasteiger partial charge is 0.252 e. The fraction of sp³-hybridized carbons (Fsp3) is 0.688. The molecule has 0 N–H and O–H groups in total. The number of sulfonamides is 1. The highest BCUT2D eigenvalue weighted by Crippen LogP contribution is 2.22. The van der Waals surface area contributed by atoms with E-state index in [0.717, 1.165) is 25.8 Å². The van der Waals surface area contributed by atoms with Crippen LogP contribution in [-0.4, -0.2) is 49.7 Å². The molecule has 23 heavy (non-hydrogen) atoms. The maximum atomic E-state index is 12.4. The first-order valence-corrected chi connectivity index (χ1v) is 10.6. The number of rotatable bonds is 7. The number of piperidine rings is 1. The summed E-state index contributed by atoms with van der Waals surface area (Å²) in [6, 6.07) is 3.71. The Morgan fingerprint density at radius 2 is 2.22 bits per heavy atom. The van der Waals surface area contributed by atoms with Crippen molar-refractivity contribution in [2.24, 2.45) is 0 Å². The number of hydrogen-bond donors (Lipinski definition) is 0. The molecule has 1 aromatic heterocycles. The molecule has 0 aliphatic carbocycles. The number of likely N-dealkylation sites (tertiary alicyclic amines) is 1. The van der Waals surface area contributed by atoms with Crippen LogP contribution in [0.5, 0.6) is 0 Å². The Morgan fingerprint density at radius 1 is 1.43 bits per heavy atom. The Bertz CT molecular complexity index is 599. The summed E-state index contributed by atoms with van der Waals surface area (Å²) >= 11 is 1.22. The highest BCUT2D eigenvalue weighted by molar-refractivity contribution is 7.91. The number of nitrogens with zero attached hydrogens (tertiary/aromatic N) is 2. The third-order valence-electron chi connectivity index (χ3n) is 4.44. The molecule has 1 saturated heterocycles. The van der Waals surface area contributed by atoms with Crippen LogP contribution in [0.2, 0.25) is 0 Å². The van der Waals surface area contributed by atoms with Crippen molar-refractivity contribution in [3.63, 3.8) is 0 Å². The Labute approximate surface area is 143 Å². The summed E-state index contributed by atoms with van der Waals surface area (Å²) in [5, 5.41) is 1.76. The molecule has 1 atom stereocenters. The van der Waals surface area contributed by atoms with E-state index in [0.29, 0.717) is 29.6 Å². The van der Waals surface area contributed by atoms with Crippen molar-refractivity contribution >= 4 is 27.3 Å². The average Bonchev–Trinajstić information content (AvgIpc) is 3.09. The van der Waals surface area contributed by atoms with Gasteiger partial charge in [0.05, 0.1) is 0 Å². The van der Waals surface area contributed by atoms with E-state index in [1.165, 1.54) is 22.1 Å². The van der Waals surface area contributed by atoms with Gasteiger partial charge < -0.3 is 4.90 Å². The largest absolute Gasteiger partial charge is 0.340 e. The highest BCUT2D eigenvalue weighted by Gasteiger charge is 2.26. The van der Waals surface area contributed by atoms with Gasteiger partial charge in [-0.3, -0.25) is 4.79 Å². The van der Waals surface area contributed by atoms with Crippen molar-refractivity contribution in [2.45, 2.75) is 55.7 Å². The molecule has 0 aromatic carbocycles. The lowest BCUT2D eigenvalue weighted by atomic mass is 9.99. The zero-order valence-electron chi connectivity index (χ0n) is 13.9. The third-order valence-corrected chi connectivity index (χ3v) is 7.67. The van der Waals surface area contributed by atoms with E-state index in [1.807, 2.05) is 4.90 Å². The van der Waals surface area contributed by atoms with E-state index in [4.69, 9.17) is 0 Å². The van der Waals surface area contributed by atoms with Gasteiger partial charge in [-0.15, -0.1) is 11.3 Å².